The van der Waals surface area contributed by atoms with Crippen LogP contribution in [0.1, 0.15) is 15.9 Å². The van der Waals surface area contributed by atoms with Gasteiger partial charge in [-0.1, -0.05) is 35.5 Å². The number of aromatic nitrogens is 4. The molecule has 2 heterocycles. The van der Waals surface area contributed by atoms with Crippen molar-refractivity contribution in [2.24, 2.45) is 0 Å². The maximum Gasteiger partial charge on any atom is 0.326 e. The third kappa shape index (κ3) is 4.78. The van der Waals surface area contributed by atoms with Crippen molar-refractivity contribution in [1.29, 1.82) is 0 Å². The van der Waals surface area contributed by atoms with E-state index in [0.717, 1.165) is 22.0 Å². The smallest absolute Gasteiger partial charge is 0.326 e. The van der Waals surface area contributed by atoms with Crippen LogP contribution in [0.15, 0.2) is 79.0 Å². The van der Waals surface area contributed by atoms with Crippen LogP contribution in [0, 0.1) is 0 Å². The van der Waals surface area contributed by atoms with Crippen molar-refractivity contribution in [3.8, 4) is 0 Å². The third-order valence-corrected chi connectivity index (χ3v) is 5.85. The summed E-state index contributed by atoms with van der Waals surface area (Å²) in [5, 5.41) is 24.0. The van der Waals surface area contributed by atoms with Crippen molar-refractivity contribution in [2.75, 3.05) is 5.32 Å². The molecular weight excluding hydrogens is 460 g/mol. The molecule has 2 aromatic heterocycles. The van der Waals surface area contributed by atoms with Gasteiger partial charge in [-0.15, -0.1) is 5.10 Å². The topological polar surface area (TPSA) is 142 Å². The molecule has 0 aliphatic heterocycles. The summed E-state index contributed by atoms with van der Waals surface area (Å²) in [7, 11) is 0. The Balaban J connectivity index is 1.21. The van der Waals surface area contributed by atoms with Gasteiger partial charge >= 0.3 is 5.97 Å². The molecule has 36 heavy (non-hydrogen) atoms. The van der Waals surface area contributed by atoms with Crippen molar-refractivity contribution in [3.05, 3.63) is 90.1 Å². The molecule has 1 unspecified atom stereocenters. The molecule has 4 N–H and O–H groups in total. The fraction of sp³-hybridized carbons (Fsp3) is 0.115. The Morgan fingerprint density at radius 2 is 1.72 bits per heavy atom. The molecule has 5 aromatic rings. The van der Waals surface area contributed by atoms with Crippen LogP contribution in [0.25, 0.3) is 21.9 Å². The quantitative estimate of drug-likeness (QED) is 0.268. The Kier molecular flexibility index (Phi) is 6.14. The van der Waals surface area contributed by atoms with Crippen LogP contribution in [0.3, 0.4) is 0 Å². The average Bonchev–Trinajstić information content (AvgIpc) is 3.48. The monoisotopic (exact) mass is 482 g/mol. The maximum atomic E-state index is 12.7. The van der Waals surface area contributed by atoms with E-state index < -0.39 is 17.9 Å². The number of hydrogen-bond acceptors (Lipinski definition) is 5. The van der Waals surface area contributed by atoms with Crippen LogP contribution in [0.2, 0.25) is 0 Å². The molecule has 180 valence electrons. The Morgan fingerprint density at radius 1 is 0.972 bits per heavy atom. The van der Waals surface area contributed by atoms with E-state index in [2.05, 4.69) is 25.9 Å². The number of anilines is 1. The number of amides is 2. The van der Waals surface area contributed by atoms with Crippen molar-refractivity contribution in [1.82, 2.24) is 25.3 Å². The largest absolute Gasteiger partial charge is 0.480 e. The summed E-state index contributed by atoms with van der Waals surface area (Å²) >= 11 is 0. The number of aromatic amines is 1. The van der Waals surface area contributed by atoms with Crippen LogP contribution in [0.5, 0.6) is 0 Å². The van der Waals surface area contributed by atoms with Gasteiger partial charge in [0.1, 0.15) is 18.1 Å². The number of nitrogens with zero attached hydrogens (tertiary/aromatic N) is 3. The predicted octanol–water partition coefficient (Wildman–Crippen LogP) is 2.98. The SMILES string of the molecule is O=C(Cn1nnc2ccccc21)Nc1ccc(C(=O)NC(Cc2c[nH]c3ccccc23)C(=O)O)cc1. The zero-order chi connectivity index (χ0) is 25.1. The average molecular weight is 483 g/mol. The maximum absolute atomic E-state index is 12.7. The number of H-pyrrole nitrogens is 1. The van der Waals surface area contributed by atoms with Gasteiger partial charge in [0.15, 0.2) is 0 Å². The van der Waals surface area contributed by atoms with Gasteiger partial charge in [0.2, 0.25) is 5.91 Å². The summed E-state index contributed by atoms with van der Waals surface area (Å²) in [5.74, 6) is -1.94. The second-order valence-corrected chi connectivity index (χ2v) is 8.29. The molecule has 0 saturated heterocycles. The summed E-state index contributed by atoms with van der Waals surface area (Å²) in [6, 6.07) is 20.0. The molecular formula is C26H22N6O4. The first kappa shape index (κ1) is 22.8. The van der Waals surface area contributed by atoms with E-state index >= 15 is 0 Å². The van der Waals surface area contributed by atoms with E-state index in [9.17, 15) is 19.5 Å². The van der Waals surface area contributed by atoms with E-state index in [0.29, 0.717) is 11.2 Å². The van der Waals surface area contributed by atoms with E-state index in [1.807, 2.05) is 48.5 Å². The van der Waals surface area contributed by atoms with Gasteiger partial charge in [-0.05, 0) is 48.0 Å². The summed E-state index contributed by atoms with van der Waals surface area (Å²) in [6.45, 7) is -0.0170. The molecule has 10 nitrogen and oxygen atoms in total. The molecule has 0 aliphatic carbocycles. The van der Waals surface area contributed by atoms with Crippen molar-refractivity contribution < 1.29 is 19.5 Å². The lowest BCUT2D eigenvalue weighted by atomic mass is 10.0. The third-order valence-electron chi connectivity index (χ3n) is 5.85. The lowest BCUT2D eigenvalue weighted by molar-refractivity contribution is -0.139. The number of rotatable bonds is 8. The number of carboxylic acids is 1. The standard InChI is InChI=1S/C26H22N6O4/c33-24(15-32-23-8-4-3-7-21(23)30-31-32)28-18-11-9-16(10-12-18)25(34)29-22(26(35)36)13-17-14-27-20-6-2-1-5-19(17)20/h1-12,14,22,27H,13,15H2,(H,28,33)(H,29,34)(H,35,36). The van der Waals surface area contributed by atoms with Crippen LogP contribution in [-0.4, -0.2) is 48.9 Å². The number of fused-ring (bicyclic) bond motifs is 2. The van der Waals surface area contributed by atoms with Gasteiger partial charge < -0.3 is 20.7 Å². The summed E-state index contributed by atoms with van der Waals surface area (Å²) in [5.41, 5.74) is 3.93. The van der Waals surface area contributed by atoms with Crippen LogP contribution < -0.4 is 10.6 Å². The first-order valence-corrected chi connectivity index (χ1v) is 11.2. The molecule has 0 bridgehead atoms. The highest BCUT2D eigenvalue weighted by atomic mass is 16.4. The number of carboxylic acid groups (broad SMARTS) is 1. The lowest BCUT2D eigenvalue weighted by Crippen LogP contribution is -2.42. The fourth-order valence-corrected chi connectivity index (χ4v) is 4.04. The molecule has 1 atom stereocenters. The minimum Gasteiger partial charge on any atom is -0.480 e. The number of aliphatic carboxylic acids is 1. The van der Waals surface area contributed by atoms with Crippen molar-refractivity contribution in [2.45, 2.75) is 19.0 Å². The molecule has 0 saturated carbocycles. The van der Waals surface area contributed by atoms with Gasteiger partial charge in [0, 0.05) is 34.8 Å². The molecule has 3 aromatic carbocycles. The molecule has 0 radical (unpaired) electrons. The highest BCUT2D eigenvalue weighted by Crippen LogP contribution is 2.19. The van der Waals surface area contributed by atoms with Crippen LogP contribution in [0.4, 0.5) is 5.69 Å². The Bertz CT molecular complexity index is 1570. The van der Waals surface area contributed by atoms with Gasteiger partial charge in [0.05, 0.1) is 5.52 Å². The van der Waals surface area contributed by atoms with Gasteiger partial charge in [0.25, 0.3) is 5.91 Å². The lowest BCUT2D eigenvalue weighted by Gasteiger charge is -2.14. The number of nitrogens with one attached hydrogen (secondary N) is 3. The van der Waals surface area contributed by atoms with Crippen LogP contribution >= 0.6 is 0 Å². The summed E-state index contributed by atoms with van der Waals surface area (Å²) < 4.78 is 1.51. The zero-order valence-electron chi connectivity index (χ0n) is 19.0. The zero-order valence-corrected chi connectivity index (χ0v) is 19.0. The minimum absolute atomic E-state index is 0.0170. The number of benzene rings is 3. The van der Waals surface area contributed by atoms with E-state index in [-0.39, 0.29) is 24.4 Å². The molecule has 10 heteroatoms. The second-order valence-electron chi connectivity index (χ2n) is 8.29. The van der Waals surface area contributed by atoms with E-state index in [4.69, 9.17) is 0 Å². The molecule has 0 fully saturated rings. The first-order valence-electron chi connectivity index (χ1n) is 11.2. The number of carbonyl (C=O) groups is 3. The second kappa shape index (κ2) is 9.71. The Labute approximate surface area is 204 Å². The molecule has 0 spiro atoms. The van der Waals surface area contributed by atoms with Crippen LogP contribution in [-0.2, 0) is 22.6 Å². The van der Waals surface area contributed by atoms with Gasteiger partial charge in [-0.3, -0.25) is 9.59 Å². The summed E-state index contributed by atoms with van der Waals surface area (Å²) in [4.78, 5) is 40.1. The van der Waals surface area contributed by atoms with Crippen molar-refractivity contribution >= 4 is 45.4 Å². The fourth-order valence-electron chi connectivity index (χ4n) is 4.04. The minimum atomic E-state index is -1.13. The highest BCUT2D eigenvalue weighted by Gasteiger charge is 2.22. The Morgan fingerprint density at radius 3 is 2.53 bits per heavy atom. The van der Waals surface area contributed by atoms with E-state index in [1.54, 1.807) is 18.3 Å². The number of hydrogen-bond donors (Lipinski definition) is 4. The van der Waals surface area contributed by atoms with Gasteiger partial charge in [-0.25, -0.2) is 9.48 Å². The normalized spacial score (nSPS) is 11.9. The summed E-state index contributed by atoms with van der Waals surface area (Å²) in [6.07, 6.45) is 1.89. The molecule has 5 rings (SSSR count). The number of carbonyl (C=O) groups excluding carboxylic acids is 2. The molecule has 2 amide bonds. The Hall–Kier alpha value is -4.99. The predicted molar refractivity (Wildman–Crippen MR) is 133 cm³/mol. The first-order chi connectivity index (χ1) is 17.5. The van der Waals surface area contributed by atoms with E-state index in [1.165, 1.54) is 16.8 Å². The number of para-hydroxylation sites is 2. The molecule has 0 aliphatic rings. The highest BCUT2D eigenvalue weighted by molar-refractivity contribution is 5.98. The van der Waals surface area contributed by atoms with Gasteiger partial charge in [-0.2, -0.15) is 0 Å². The van der Waals surface area contributed by atoms with Crippen molar-refractivity contribution in [3.63, 3.8) is 0 Å².